The average molecular weight is 1100 g/mol. The van der Waals surface area contributed by atoms with Crippen LogP contribution in [0.2, 0.25) is 15.1 Å². The van der Waals surface area contributed by atoms with Crippen LogP contribution >= 0.6 is 34.8 Å². The van der Waals surface area contributed by atoms with E-state index in [0.29, 0.717) is 40.6 Å². The van der Waals surface area contributed by atoms with Crippen LogP contribution < -0.4 is 29.6 Å². The van der Waals surface area contributed by atoms with Gasteiger partial charge in [-0.25, -0.2) is 0 Å². The predicted molar refractivity (Wildman–Crippen MR) is 315 cm³/mol. The molecule has 0 unspecified atom stereocenters. The first-order valence-corrected chi connectivity index (χ1v) is 28.1. The van der Waals surface area contributed by atoms with Gasteiger partial charge in [0.05, 0.1) is 18.8 Å². The Balaban J connectivity index is 0.000000293. The number of piperidine rings is 3. The summed E-state index contributed by atoms with van der Waals surface area (Å²) < 4.78 is 0. The first kappa shape index (κ1) is 65.2. The summed E-state index contributed by atoms with van der Waals surface area (Å²) in [7, 11) is 1.00. The van der Waals surface area contributed by atoms with E-state index in [-0.39, 0.29) is 45.2 Å². The van der Waals surface area contributed by atoms with Crippen LogP contribution in [0.1, 0.15) is 110 Å². The molecule has 0 aliphatic carbocycles. The van der Waals surface area contributed by atoms with E-state index in [1.807, 2.05) is 60.7 Å². The third-order valence-electron chi connectivity index (χ3n) is 14.8. The number of aryl methyl sites for hydroxylation is 3. The van der Waals surface area contributed by atoms with E-state index in [1.54, 1.807) is 12.1 Å². The van der Waals surface area contributed by atoms with E-state index in [9.17, 15) is 15.0 Å². The zero-order chi connectivity index (χ0) is 52.3. The molecule has 3 aliphatic rings. The predicted octanol–water partition coefficient (Wildman–Crippen LogP) is 10.6. The van der Waals surface area contributed by atoms with Crippen molar-refractivity contribution in [3.05, 3.63) is 212 Å². The smallest absolute Gasteiger partial charge is 1.00 e. The molecule has 9 rings (SSSR count). The summed E-state index contributed by atoms with van der Waals surface area (Å²) in [6.45, 7) is 8.37. The van der Waals surface area contributed by atoms with E-state index in [4.69, 9.17) is 39.9 Å². The van der Waals surface area contributed by atoms with Gasteiger partial charge in [0, 0.05) is 68.9 Å². The molecule has 6 aromatic carbocycles. The molecule has 0 amide bonds. The number of hydrogen-bond acceptors (Lipinski definition) is 7. The Kier molecular flexibility index (Phi) is 31.6. The first-order valence-electron chi connectivity index (χ1n) is 27.0. The number of β-amino-alcohol motifs (C(OH)–C–C–N with tert-alkyl or cyclic N) is 2. The Morgan fingerprint density at radius 2 is 0.789 bits per heavy atom. The van der Waals surface area contributed by atoms with Crippen molar-refractivity contribution in [2.24, 2.45) is 17.8 Å². The Hall–Kier alpha value is -3.32. The summed E-state index contributed by atoms with van der Waals surface area (Å²) in [5, 5.41) is 30.0. The summed E-state index contributed by atoms with van der Waals surface area (Å²) >= 11 is 17.7. The van der Waals surface area contributed by atoms with E-state index < -0.39 is 12.2 Å². The molecule has 3 aliphatic heterocycles. The Bertz CT molecular complexity index is 2340. The van der Waals surface area contributed by atoms with Crippen molar-refractivity contribution in [1.29, 1.82) is 0 Å². The molecular formula is C64H81BCl3N3NaO4. The van der Waals surface area contributed by atoms with Gasteiger partial charge in [-0.05, 0) is 191 Å². The number of hydrogen-bond donors (Lipinski definition) is 3. The van der Waals surface area contributed by atoms with Gasteiger partial charge in [-0.3, -0.25) is 9.69 Å². The zero-order valence-corrected chi connectivity index (χ0v) is 49.4. The number of ketones is 1. The standard InChI is InChI=1S/2C21H26ClNO.C21H24ClNO.CH4O.B.Na.H/c3*22-20-12-10-19(11-13-20)21(24)16-23-14-4-7-18(15-23)9-8-17-5-2-1-3-6-17;1-2;;;/h2*1-3,5-6,10-13,18,21,24H,4,7-9,14-16H2;1-3,5-6,10-13,18H,4,7-9,14-16H2;2H,1H3;;;/q;;;;;+1;-1/t18-,21+;18-,21-;18-;;;;/m000..../s1. The number of halogens is 3. The second-order valence-corrected chi connectivity index (χ2v) is 21.7. The summed E-state index contributed by atoms with van der Waals surface area (Å²) in [6.07, 6.45) is 13.8. The van der Waals surface area contributed by atoms with Gasteiger partial charge in [0.1, 0.15) is 0 Å². The second-order valence-electron chi connectivity index (χ2n) is 20.4. The maximum atomic E-state index is 12.4. The number of carbonyl (C=O) groups is 1. The molecule has 76 heavy (non-hydrogen) atoms. The van der Waals surface area contributed by atoms with E-state index >= 15 is 0 Å². The fourth-order valence-corrected chi connectivity index (χ4v) is 11.1. The third-order valence-corrected chi connectivity index (χ3v) is 15.5. The molecule has 7 nitrogen and oxygen atoms in total. The zero-order valence-electron chi connectivity index (χ0n) is 46.1. The molecule has 3 N–H and O–H groups in total. The number of benzene rings is 6. The Morgan fingerprint density at radius 3 is 1.13 bits per heavy atom. The van der Waals surface area contributed by atoms with Crippen molar-refractivity contribution in [2.45, 2.75) is 89.3 Å². The van der Waals surface area contributed by atoms with Crippen LogP contribution in [0.3, 0.4) is 0 Å². The monoisotopic (exact) mass is 1090 g/mol. The number of likely N-dealkylation sites (tertiary alicyclic amines) is 3. The van der Waals surface area contributed by atoms with Crippen molar-refractivity contribution in [3.63, 3.8) is 0 Å². The number of aliphatic hydroxyl groups is 3. The topological polar surface area (TPSA) is 87.5 Å². The Morgan fingerprint density at radius 1 is 0.487 bits per heavy atom. The van der Waals surface area contributed by atoms with E-state index in [1.165, 1.54) is 74.5 Å². The normalized spacial score (nSPS) is 18.5. The van der Waals surface area contributed by atoms with Crippen molar-refractivity contribution in [1.82, 2.24) is 14.7 Å². The first-order chi connectivity index (χ1) is 36.1. The van der Waals surface area contributed by atoms with Crippen molar-refractivity contribution in [3.8, 4) is 0 Å². The van der Waals surface area contributed by atoms with Gasteiger partial charge in [0.2, 0.25) is 0 Å². The summed E-state index contributed by atoms with van der Waals surface area (Å²) in [6, 6.07) is 54.4. The molecule has 3 radical (unpaired) electrons. The maximum absolute atomic E-state index is 12.4. The van der Waals surface area contributed by atoms with Crippen molar-refractivity contribution >= 4 is 49.0 Å². The second kappa shape index (κ2) is 36.8. The molecule has 3 saturated heterocycles. The molecule has 0 bridgehead atoms. The van der Waals surface area contributed by atoms with Crippen molar-refractivity contribution in [2.75, 3.05) is 66.0 Å². The molecule has 0 saturated carbocycles. The molecule has 0 aromatic heterocycles. The van der Waals surface area contributed by atoms with Gasteiger partial charge in [0.25, 0.3) is 0 Å². The fraction of sp³-hybridized carbons (Fsp3) is 0.422. The molecule has 6 aromatic rings. The summed E-state index contributed by atoms with van der Waals surface area (Å²) in [4.78, 5) is 19.6. The van der Waals surface area contributed by atoms with Gasteiger partial charge < -0.3 is 26.5 Å². The maximum Gasteiger partial charge on any atom is 1.00 e. The minimum Gasteiger partial charge on any atom is -1.00 e. The van der Waals surface area contributed by atoms with Gasteiger partial charge in [-0.2, -0.15) is 0 Å². The summed E-state index contributed by atoms with van der Waals surface area (Å²) in [5.41, 5.74) is 6.92. The molecule has 12 heteroatoms. The number of rotatable bonds is 18. The van der Waals surface area contributed by atoms with E-state index in [2.05, 4.69) is 106 Å². The molecular weight excluding hydrogens is 1010 g/mol. The summed E-state index contributed by atoms with van der Waals surface area (Å²) in [5.74, 6) is 2.35. The SMILES string of the molecule is CO.O=C(CN1CCC[C@@H](CCc2ccccc2)C1)c1ccc(Cl)cc1.O[C@@H](CN1CCC[C@@H](CCc2ccccc2)C1)c1ccc(Cl)cc1.O[C@H](CN1CCC[C@@H](CCc2ccccc2)C1)c1ccc(Cl)cc1.[B].[H-].[Na+]. The molecule has 0 spiro atoms. The van der Waals surface area contributed by atoms with Gasteiger partial charge in [-0.1, -0.05) is 150 Å². The van der Waals surface area contributed by atoms with Crippen LogP contribution in [0.25, 0.3) is 0 Å². The number of nitrogens with zero attached hydrogens (tertiary/aromatic N) is 3. The van der Waals surface area contributed by atoms with Crippen LogP contribution in [0.4, 0.5) is 0 Å². The number of aliphatic hydroxyl groups excluding tert-OH is 3. The van der Waals surface area contributed by atoms with E-state index in [0.717, 1.165) is 94.2 Å². The van der Waals surface area contributed by atoms with Crippen LogP contribution in [0.5, 0.6) is 0 Å². The minimum absolute atomic E-state index is 0. The van der Waals surface area contributed by atoms with Crippen LogP contribution in [-0.2, 0) is 19.3 Å². The van der Waals surface area contributed by atoms with Gasteiger partial charge >= 0.3 is 29.6 Å². The van der Waals surface area contributed by atoms with Crippen LogP contribution in [0.15, 0.2) is 164 Å². The quantitative estimate of drug-likeness (QED) is 0.0584. The number of carbonyl (C=O) groups excluding carboxylic acids is 1. The third kappa shape index (κ3) is 24.0. The van der Waals surface area contributed by atoms with Gasteiger partial charge in [-0.15, -0.1) is 0 Å². The Labute approximate surface area is 496 Å². The molecule has 401 valence electrons. The molecule has 3 fully saturated rings. The molecule has 5 atom stereocenters. The molecule has 3 heterocycles. The van der Waals surface area contributed by atoms with Crippen molar-refractivity contribution < 1.29 is 51.1 Å². The van der Waals surface area contributed by atoms with Crippen LogP contribution in [0, 0.1) is 17.8 Å². The largest absolute Gasteiger partial charge is 1.00 e. The van der Waals surface area contributed by atoms with Gasteiger partial charge in [0.15, 0.2) is 5.78 Å². The number of Topliss-reactive ketones (excluding diaryl/α,β-unsaturated/α-hetero) is 1. The average Bonchev–Trinajstić information content (AvgIpc) is 3.44. The van der Waals surface area contributed by atoms with Crippen LogP contribution in [-0.4, -0.2) is 110 Å². The minimum atomic E-state index is -0.435. The fourth-order valence-electron chi connectivity index (χ4n) is 10.7.